The van der Waals surface area contributed by atoms with E-state index < -0.39 is 0 Å². The highest BCUT2D eigenvalue weighted by Gasteiger charge is 2.04. The molecule has 0 bridgehead atoms. The Bertz CT molecular complexity index is 309. The van der Waals surface area contributed by atoms with Crippen LogP contribution in [0.1, 0.15) is 13.8 Å². The molecule has 15 heavy (non-hydrogen) atoms. The largest absolute Gasteiger partial charge is 0.393 e. The molecule has 0 atom stereocenters. The summed E-state index contributed by atoms with van der Waals surface area (Å²) in [4.78, 5) is 4.17. The minimum absolute atomic E-state index is 0.813. The van der Waals surface area contributed by atoms with E-state index in [9.17, 15) is 0 Å². The summed E-state index contributed by atoms with van der Waals surface area (Å²) in [6.07, 6.45) is 7.05. The van der Waals surface area contributed by atoms with E-state index in [2.05, 4.69) is 28.8 Å². The van der Waals surface area contributed by atoms with Crippen LogP contribution in [0.25, 0.3) is 0 Å². The maximum absolute atomic E-state index is 4.17. The molecule has 0 unspecified atom stereocenters. The van der Waals surface area contributed by atoms with Crippen LogP contribution in [0, 0.1) is 0 Å². The average Bonchev–Trinajstić information content (AvgIpc) is 2.22. The summed E-state index contributed by atoms with van der Waals surface area (Å²) in [5.74, 6) is 0. The van der Waals surface area contributed by atoms with Crippen molar-refractivity contribution in [2.75, 3.05) is 7.05 Å². The SMILES string of the molecule is C=CN=C(C(=C)C)/C(=C\C)N/C=C/NC. The zero-order valence-corrected chi connectivity index (χ0v) is 9.67. The molecule has 0 rings (SSSR count). The van der Waals surface area contributed by atoms with Crippen LogP contribution < -0.4 is 10.6 Å². The highest BCUT2D eigenvalue weighted by Crippen LogP contribution is 2.04. The molecule has 0 heterocycles. The van der Waals surface area contributed by atoms with E-state index >= 15 is 0 Å². The Morgan fingerprint density at radius 1 is 1.33 bits per heavy atom. The van der Waals surface area contributed by atoms with Gasteiger partial charge >= 0.3 is 0 Å². The van der Waals surface area contributed by atoms with Gasteiger partial charge in [-0.1, -0.05) is 19.2 Å². The van der Waals surface area contributed by atoms with Gasteiger partial charge in [-0.2, -0.15) is 0 Å². The van der Waals surface area contributed by atoms with E-state index in [0.29, 0.717) is 0 Å². The molecule has 0 aromatic heterocycles. The van der Waals surface area contributed by atoms with E-state index in [4.69, 9.17) is 0 Å². The van der Waals surface area contributed by atoms with Crippen LogP contribution in [0.5, 0.6) is 0 Å². The van der Waals surface area contributed by atoms with Crippen molar-refractivity contribution >= 4 is 5.71 Å². The molecule has 0 saturated heterocycles. The fraction of sp³-hybridized carbons (Fsp3) is 0.250. The van der Waals surface area contributed by atoms with Crippen molar-refractivity contribution in [1.29, 1.82) is 0 Å². The van der Waals surface area contributed by atoms with Gasteiger partial charge in [-0.3, -0.25) is 4.99 Å². The smallest absolute Gasteiger partial charge is 0.0883 e. The highest BCUT2D eigenvalue weighted by molar-refractivity contribution is 6.11. The van der Waals surface area contributed by atoms with E-state index in [1.54, 1.807) is 12.4 Å². The fourth-order valence-corrected chi connectivity index (χ4v) is 1.00. The van der Waals surface area contributed by atoms with Gasteiger partial charge in [0.1, 0.15) is 0 Å². The Balaban J connectivity index is 4.78. The first-order chi connectivity index (χ1) is 7.17. The van der Waals surface area contributed by atoms with Gasteiger partial charge < -0.3 is 10.6 Å². The first-order valence-electron chi connectivity index (χ1n) is 4.77. The standard InChI is InChI=1S/C12H19N3/c1-6-11(15-9-8-13-5)12(10(3)4)14-7-2/h6-9,13,15H,2-3H2,1,4-5H3/b9-8+,11-6+,14-12?. The van der Waals surface area contributed by atoms with Gasteiger partial charge in [0.2, 0.25) is 0 Å². The van der Waals surface area contributed by atoms with Crippen LogP contribution in [-0.2, 0) is 0 Å². The summed E-state index contributed by atoms with van der Waals surface area (Å²) < 4.78 is 0. The number of hydrogen-bond acceptors (Lipinski definition) is 3. The van der Waals surface area contributed by atoms with Crippen LogP contribution in [0.15, 0.2) is 54.1 Å². The second-order valence-electron chi connectivity index (χ2n) is 2.91. The average molecular weight is 205 g/mol. The van der Waals surface area contributed by atoms with E-state index in [1.807, 2.05) is 27.0 Å². The van der Waals surface area contributed by atoms with Crippen molar-refractivity contribution in [2.24, 2.45) is 4.99 Å². The molecule has 3 heteroatoms. The van der Waals surface area contributed by atoms with Crippen molar-refractivity contribution in [2.45, 2.75) is 13.8 Å². The molecular weight excluding hydrogens is 186 g/mol. The van der Waals surface area contributed by atoms with Gasteiger partial charge in [-0.25, -0.2) is 0 Å². The molecule has 0 amide bonds. The summed E-state index contributed by atoms with van der Waals surface area (Å²) in [6, 6.07) is 0. The van der Waals surface area contributed by atoms with Crippen molar-refractivity contribution in [3.63, 3.8) is 0 Å². The van der Waals surface area contributed by atoms with Crippen LogP contribution in [0.4, 0.5) is 0 Å². The van der Waals surface area contributed by atoms with Crippen LogP contribution in [-0.4, -0.2) is 12.8 Å². The third kappa shape index (κ3) is 4.86. The summed E-state index contributed by atoms with van der Waals surface area (Å²) in [5.41, 5.74) is 2.62. The molecular formula is C12H19N3. The van der Waals surface area contributed by atoms with Gasteiger partial charge in [-0.05, 0) is 19.4 Å². The molecule has 0 radical (unpaired) electrons. The lowest BCUT2D eigenvalue weighted by Crippen LogP contribution is -2.16. The Morgan fingerprint density at radius 2 is 2.00 bits per heavy atom. The number of rotatable bonds is 6. The molecule has 0 aliphatic carbocycles. The van der Waals surface area contributed by atoms with Gasteiger partial charge in [-0.15, -0.1) is 0 Å². The van der Waals surface area contributed by atoms with E-state index in [-0.39, 0.29) is 0 Å². The van der Waals surface area contributed by atoms with Crippen molar-refractivity contribution < 1.29 is 0 Å². The maximum atomic E-state index is 4.17. The summed E-state index contributed by atoms with van der Waals surface area (Å²) in [5, 5.41) is 6.01. The minimum Gasteiger partial charge on any atom is -0.393 e. The quantitative estimate of drug-likeness (QED) is 0.653. The third-order valence-electron chi connectivity index (χ3n) is 1.66. The highest BCUT2D eigenvalue weighted by atomic mass is 14.9. The predicted molar refractivity (Wildman–Crippen MR) is 67.5 cm³/mol. The Hall–Kier alpha value is -1.77. The van der Waals surface area contributed by atoms with Crippen LogP contribution >= 0.6 is 0 Å². The zero-order chi connectivity index (χ0) is 11.7. The molecule has 0 spiro atoms. The third-order valence-corrected chi connectivity index (χ3v) is 1.66. The lowest BCUT2D eigenvalue weighted by atomic mass is 10.1. The summed E-state index contributed by atoms with van der Waals surface area (Å²) in [6.45, 7) is 11.3. The minimum atomic E-state index is 0.813. The number of nitrogens with zero attached hydrogens (tertiary/aromatic N) is 1. The molecule has 0 aliphatic heterocycles. The summed E-state index contributed by atoms with van der Waals surface area (Å²) in [7, 11) is 1.84. The topological polar surface area (TPSA) is 36.4 Å². The maximum Gasteiger partial charge on any atom is 0.0883 e. The molecule has 0 aliphatic rings. The second kappa shape index (κ2) is 7.62. The van der Waals surface area contributed by atoms with Gasteiger partial charge in [0.15, 0.2) is 0 Å². The van der Waals surface area contributed by atoms with Crippen molar-refractivity contribution in [1.82, 2.24) is 10.6 Å². The number of nitrogens with one attached hydrogen (secondary N) is 2. The fourth-order valence-electron chi connectivity index (χ4n) is 1.00. The first-order valence-corrected chi connectivity index (χ1v) is 4.77. The lowest BCUT2D eigenvalue weighted by molar-refractivity contribution is 1.04. The molecule has 0 fully saturated rings. The number of aliphatic imine (C=N–C) groups is 1. The Kier molecular flexibility index (Phi) is 6.72. The number of allylic oxidation sites excluding steroid dienone is 2. The van der Waals surface area contributed by atoms with Gasteiger partial charge in [0.05, 0.1) is 11.4 Å². The van der Waals surface area contributed by atoms with Gasteiger partial charge in [0, 0.05) is 25.6 Å². The molecule has 3 nitrogen and oxygen atoms in total. The van der Waals surface area contributed by atoms with E-state index in [1.165, 1.54) is 6.20 Å². The Morgan fingerprint density at radius 3 is 2.40 bits per heavy atom. The normalized spacial score (nSPS) is 12.7. The summed E-state index contributed by atoms with van der Waals surface area (Å²) >= 11 is 0. The molecule has 0 aromatic rings. The van der Waals surface area contributed by atoms with Crippen LogP contribution in [0.2, 0.25) is 0 Å². The van der Waals surface area contributed by atoms with Crippen molar-refractivity contribution in [3.05, 3.63) is 49.1 Å². The molecule has 0 aromatic carbocycles. The molecule has 82 valence electrons. The Labute approximate surface area is 92.0 Å². The van der Waals surface area contributed by atoms with Crippen molar-refractivity contribution in [3.8, 4) is 0 Å². The lowest BCUT2D eigenvalue weighted by Gasteiger charge is -2.09. The van der Waals surface area contributed by atoms with E-state index in [0.717, 1.165) is 17.0 Å². The van der Waals surface area contributed by atoms with Gasteiger partial charge in [0.25, 0.3) is 0 Å². The zero-order valence-electron chi connectivity index (χ0n) is 9.67. The first kappa shape index (κ1) is 13.2. The number of hydrogen-bond donors (Lipinski definition) is 2. The second-order valence-corrected chi connectivity index (χ2v) is 2.91. The monoisotopic (exact) mass is 205 g/mol. The van der Waals surface area contributed by atoms with Crippen LogP contribution in [0.3, 0.4) is 0 Å². The molecule has 0 saturated carbocycles. The molecule has 2 N–H and O–H groups in total. The predicted octanol–water partition coefficient (Wildman–Crippen LogP) is 2.33.